The van der Waals surface area contributed by atoms with Crippen LogP contribution in [0.25, 0.3) is 0 Å². The average Bonchev–Trinajstić information content (AvgIpc) is 1.75. The first kappa shape index (κ1) is 11.8. The van der Waals surface area contributed by atoms with E-state index in [2.05, 4.69) is 22.9 Å². The van der Waals surface area contributed by atoms with Crippen molar-refractivity contribution in [2.24, 2.45) is 5.92 Å². The SMILES string of the molecule is CC(Br)C1CN(C(=O)OC(C)(C)C)C1. The van der Waals surface area contributed by atoms with Crippen LogP contribution in [0.4, 0.5) is 4.79 Å². The number of alkyl halides is 1. The van der Waals surface area contributed by atoms with E-state index in [1.807, 2.05) is 20.8 Å². The molecule has 1 rings (SSSR count). The van der Waals surface area contributed by atoms with Gasteiger partial charge in [0.1, 0.15) is 5.60 Å². The van der Waals surface area contributed by atoms with Crippen LogP contribution >= 0.6 is 15.9 Å². The number of hydrogen-bond acceptors (Lipinski definition) is 2. The second kappa shape index (κ2) is 4.09. The molecule has 14 heavy (non-hydrogen) atoms. The lowest BCUT2D eigenvalue weighted by atomic mass is 9.98. The van der Waals surface area contributed by atoms with E-state index in [1.54, 1.807) is 4.90 Å². The Labute approximate surface area is 93.9 Å². The second-order valence-electron chi connectivity index (χ2n) is 4.82. The summed E-state index contributed by atoms with van der Waals surface area (Å²) in [5.41, 5.74) is -0.387. The molecule has 82 valence electrons. The number of nitrogens with zero attached hydrogens (tertiary/aromatic N) is 1. The van der Waals surface area contributed by atoms with Crippen LogP contribution in [0, 0.1) is 5.92 Å². The van der Waals surface area contributed by atoms with E-state index in [4.69, 9.17) is 4.74 Å². The molecule has 1 aliphatic rings. The van der Waals surface area contributed by atoms with Gasteiger partial charge in [0.2, 0.25) is 0 Å². The fourth-order valence-electron chi connectivity index (χ4n) is 1.28. The van der Waals surface area contributed by atoms with Crippen LogP contribution in [0.3, 0.4) is 0 Å². The molecule has 0 N–H and O–H groups in total. The highest BCUT2D eigenvalue weighted by Gasteiger charge is 2.35. The molecule has 1 fully saturated rings. The summed E-state index contributed by atoms with van der Waals surface area (Å²) >= 11 is 3.51. The van der Waals surface area contributed by atoms with Crippen LogP contribution in [0.2, 0.25) is 0 Å². The summed E-state index contributed by atoms with van der Waals surface area (Å²) in [6.07, 6.45) is -0.193. The quantitative estimate of drug-likeness (QED) is 0.681. The van der Waals surface area contributed by atoms with E-state index in [-0.39, 0.29) is 11.7 Å². The summed E-state index contributed by atoms with van der Waals surface area (Å²) in [5.74, 6) is 0.572. The van der Waals surface area contributed by atoms with E-state index in [9.17, 15) is 4.79 Å². The van der Waals surface area contributed by atoms with Gasteiger partial charge >= 0.3 is 6.09 Å². The lowest BCUT2D eigenvalue weighted by molar-refractivity contribution is -0.000346. The normalized spacial score (nSPS) is 20.2. The zero-order valence-electron chi connectivity index (χ0n) is 9.21. The van der Waals surface area contributed by atoms with Gasteiger partial charge in [0.25, 0.3) is 0 Å². The minimum Gasteiger partial charge on any atom is -0.444 e. The van der Waals surface area contributed by atoms with Crippen LogP contribution in [-0.2, 0) is 4.74 Å². The van der Waals surface area contributed by atoms with Crippen molar-refractivity contribution in [3.63, 3.8) is 0 Å². The number of likely N-dealkylation sites (tertiary alicyclic amines) is 1. The molecule has 0 aromatic heterocycles. The van der Waals surface area contributed by atoms with E-state index >= 15 is 0 Å². The molecule has 0 radical (unpaired) electrons. The summed E-state index contributed by atoms with van der Waals surface area (Å²) in [4.78, 5) is 13.7. The Morgan fingerprint density at radius 1 is 1.50 bits per heavy atom. The Kier molecular flexibility index (Phi) is 3.45. The molecule has 0 bridgehead atoms. The van der Waals surface area contributed by atoms with Crippen LogP contribution in [0.15, 0.2) is 0 Å². The highest BCUT2D eigenvalue weighted by molar-refractivity contribution is 9.09. The Balaban J connectivity index is 2.30. The van der Waals surface area contributed by atoms with Gasteiger partial charge in [0, 0.05) is 23.8 Å². The number of carbonyl (C=O) groups is 1. The van der Waals surface area contributed by atoms with Crippen molar-refractivity contribution in [2.45, 2.75) is 38.1 Å². The lowest BCUT2D eigenvalue weighted by Gasteiger charge is -2.41. The first-order valence-electron chi connectivity index (χ1n) is 4.91. The maximum absolute atomic E-state index is 11.5. The molecule has 1 heterocycles. The molecule has 1 aliphatic heterocycles. The molecule has 0 aliphatic carbocycles. The molecule has 0 aromatic carbocycles. The standard InChI is InChI=1S/C10H18BrNO2/c1-7(11)8-5-12(6-8)9(13)14-10(2,3)4/h7-8H,5-6H2,1-4H3. The van der Waals surface area contributed by atoms with Crippen molar-refractivity contribution in [1.82, 2.24) is 4.90 Å². The summed E-state index contributed by atoms with van der Waals surface area (Å²) in [7, 11) is 0. The topological polar surface area (TPSA) is 29.5 Å². The number of ether oxygens (including phenoxy) is 1. The summed E-state index contributed by atoms with van der Waals surface area (Å²) in [5, 5.41) is 0. The van der Waals surface area contributed by atoms with Gasteiger partial charge in [-0.25, -0.2) is 4.79 Å². The third-order valence-corrected chi connectivity index (χ3v) is 2.96. The maximum Gasteiger partial charge on any atom is 0.410 e. The van der Waals surface area contributed by atoms with Gasteiger partial charge in [-0.15, -0.1) is 0 Å². The molecule has 0 spiro atoms. The molecule has 1 amide bonds. The number of amides is 1. The third-order valence-electron chi connectivity index (χ3n) is 2.21. The first-order valence-corrected chi connectivity index (χ1v) is 5.83. The third kappa shape index (κ3) is 3.15. The fraction of sp³-hybridized carbons (Fsp3) is 0.900. The van der Waals surface area contributed by atoms with Crippen LogP contribution in [0.1, 0.15) is 27.7 Å². The second-order valence-corrected chi connectivity index (χ2v) is 6.27. The Bertz CT molecular complexity index is 217. The zero-order chi connectivity index (χ0) is 10.9. The van der Waals surface area contributed by atoms with Crippen LogP contribution in [-0.4, -0.2) is 34.5 Å². The molecular weight excluding hydrogens is 246 g/mol. The van der Waals surface area contributed by atoms with Crippen molar-refractivity contribution < 1.29 is 9.53 Å². The minimum absolute atomic E-state index is 0.193. The van der Waals surface area contributed by atoms with Gasteiger partial charge in [0.15, 0.2) is 0 Å². The van der Waals surface area contributed by atoms with Crippen molar-refractivity contribution in [2.75, 3.05) is 13.1 Å². The summed E-state index contributed by atoms with van der Waals surface area (Å²) in [6.45, 7) is 9.37. The van der Waals surface area contributed by atoms with Gasteiger partial charge < -0.3 is 9.64 Å². The molecule has 4 heteroatoms. The smallest absolute Gasteiger partial charge is 0.410 e. The van der Waals surface area contributed by atoms with Crippen molar-refractivity contribution in [3.05, 3.63) is 0 Å². The largest absolute Gasteiger partial charge is 0.444 e. The first-order chi connectivity index (χ1) is 6.29. The number of halogens is 1. The fourth-order valence-corrected chi connectivity index (χ4v) is 1.61. The Hall–Kier alpha value is -0.250. The molecule has 3 nitrogen and oxygen atoms in total. The predicted octanol–water partition coefficient (Wildman–Crippen LogP) is 2.64. The van der Waals surface area contributed by atoms with Gasteiger partial charge in [-0.05, 0) is 20.8 Å². The molecular formula is C10H18BrNO2. The highest BCUT2D eigenvalue weighted by Crippen LogP contribution is 2.25. The van der Waals surface area contributed by atoms with Gasteiger partial charge in [-0.1, -0.05) is 22.9 Å². The van der Waals surface area contributed by atoms with Crippen molar-refractivity contribution in [3.8, 4) is 0 Å². The number of hydrogen-bond donors (Lipinski definition) is 0. The van der Waals surface area contributed by atoms with Gasteiger partial charge in [-0.2, -0.15) is 0 Å². The van der Waals surface area contributed by atoms with E-state index in [0.717, 1.165) is 13.1 Å². The Morgan fingerprint density at radius 2 is 2.00 bits per heavy atom. The monoisotopic (exact) mass is 263 g/mol. The molecule has 1 saturated heterocycles. The van der Waals surface area contributed by atoms with Crippen molar-refractivity contribution in [1.29, 1.82) is 0 Å². The zero-order valence-corrected chi connectivity index (χ0v) is 10.8. The molecule has 1 atom stereocenters. The van der Waals surface area contributed by atoms with Crippen LogP contribution in [0.5, 0.6) is 0 Å². The van der Waals surface area contributed by atoms with E-state index in [0.29, 0.717) is 10.7 Å². The van der Waals surface area contributed by atoms with Crippen LogP contribution < -0.4 is 0 Å². The molecule has 1 unspecified atom stereocenters. The highest BCUT2D eigenvalue weighted by atomic mass is 79.9. The van der Waals surface area contributed by atoms with Gasteiger partial charge in [0.05, 0.1) is 0 Å². The van der Waals surface area contributed by atoms with Gasteiger partial charge in [-0.3, -0.25) is 0 Å². The summed E-state index contributed by atoms with van der Waals surface area (Å²) < 4.78 is 5.24. The predicted molar refractivity (Wildman–Crippen MR) is 59.7 cm³/mol. The van der Waals surface area contributed by atoms with Crippen molar-refractivity contribution >= 4 is 22.0 Å². The van der Waals surface area contributed by atoms with E-state index < -0.39 is 0 Å². The average molecular weight is 264 g/mol. The lowest BCUT2D eigenvalue weighted by Crippen LogP contribution is -2.53. The molecule has 0 aromatic rings. The molecule has 0 saturated carbocycles. The Morgan fingerprint density at radius 3 is 2.36 bits per heavy atom. The summed E-state index contributed by atoms with van der Waals surface area (Å²) in [6, 6.07) is 0. The number of rotatable bonds is 1. The van der Waals surface area contributed by atoms with E-state index in [1.165, 1.54) is 0 Å². The maximum atomic E-state index is 11.5. The number of carbonyl (C=O) groups excluding carboxylic acids is 1. The minimum atomic E-state index is -0.387.